The Morgan fingerprint density at radius 2 is 1.96 bits per heavy atom. The first-order valence-electron chi connectivity index (χ1n) is 8.85. The predicted molar refractivity (Wildman–Crippen MR) is 97.3 cm³/mol. The smallest absolute Gasteiger partial charge is 0.183 e. The van der Waals surface area contributed by atoms with Gasteiger partial charge in [-0.05, 0) is 41.5 Å². The second-order valence-electron chi connectivity index (χ2n) is 6.71. The number of phenols is 1. The Bertz CT molecular complexity index is 870. The SMILES string of the molecule is CCC1=[N+]2CCc3cc(OC)ccc3[C@@H]2Cc2cc(O)c(OC)cc21. The molecule has 4 nitrogen and oxygen atoms in total. The number of hydrogen-bond donors (Lipinski definition) is 1. The van der Waals surface area contributed by atoms with Crippen LogP contribution in [0.15, 0.2) is 30.3 Å². The van der Waals surface area contributed by atoms with E-state index in [0.29, 0.717) is 11.8 Å². The molecule has 0 saturated heterocycles. The van der Waals surface area contributed by atoms with Crippen LogP contribution in [0.2, 0.25) is 0 Å². The molecule has 0 aromatic heterocycles. The molecule has 4 rings (SSSR count). The maximum atomic E-state index is 10.2. The Morgan fingerprint density at radius 3 is 2.68 bits per heavy atom. The van der Waals surface area contributed by atoms with E-state index in [2.05, 4.69) is 29.7 Å². The van der Waals surface area contributed by atoms with E-state index in [0.717, 1.165) is 31.6 Å². The van der Waals surface area contributed by atoms with Crippen molar-refractivity contribution >= 4 is 5.71 Å². The van der Waals surface area contributed by atoms with Gasteiger partial charge >= 0.3 is 0 Å². The zero-order valence-electron chi connectivity index (χ0n) is 15.0. The van der Waals surface area contributed by atoms with Gasteiger partial charge in [-0.3, -0.25) is 0 Å². The number of nitrogens with zero attached hydrogens (tertiary/aromatic N) is 1. The van der Waals surface area contributed by atoms with Gasteiger partial charge in [0.05, 0.1) is 14.2 Å². The summed E-state index contributed by atoms with van der Waals surface area (Å²) in [7, 11) is 3.32. The maximum Gasteiger partial charge on any atom is 0.183 e. The van der Waals surface area contributed by atoms with E-state index in [1.54, 1.807) is 14.2 Å². The number of methoxy groups -OCH3 is 2. The second kappa shape index (κ2) is 6.10. The van der Waals surface area contributed by atoms with Crippen LogP contribution in [-0.2, 0) is 12.8 Å². The third kappa shape index (κ3) is 2.48. The summed E-state index contributed by atoms with van der Waals surface area (Å²) in [6.45, 7) is 3.21. The fraction of sp³-hybridized carbons (Fsp3) is 0.381. The first-order chi connectivity index (χ1) is 12.2. The molecule has 0 unspecified atom stereocenters. The minimum atomic E-state index is 0.218. The normalized spacial score (nSPS) is 18.3. The third-order valence-electron chi connectivity index (χ3n) is 5.52. The molecule has 1 atom stereocenters. The van der Waals surface area contributed by atoms with E-state index in [9.17, 15) is 5.11 Å². The molecule has 0 spiro atoms. The topological polar surface area (TPSA) is 41.7 Å². The standard InChI is InChI=1S/C21H23NO3/c1-4-18-17-12-21(25-3)20(23)11-14(17)10-19-16-6-5-15(24-2)9-13(16)7-8-22(18)19/h5-6,9,11-12,19H,4,7-8,10H2,1-3H3/p+1/t19-/m0/s1. The summed E-state index contributed by atoms with van der Waals surface area (Å²) in [5, 5.41) is 10.2. The zero-order chi connectivity index (χ0) is 17.6. The van der Waals surface area contributed by atoms with E-state index >= 15 is 0 Å². The Hall–Kier alpha value is -2.49. The van der Waals surface area contributed by atoms with Crippen LogP contribution in [0.25, 0.3) is 0 Å². The average Bonchev–Trinajstić information content (AvgIpc) is 2.64. The third-order valence-corrected chi connectivity index (χ3v) is 5.52. The summed E-state index contributed by atoms with van der Waals surface area (Å²) >= 11 is 0. The highest BCUT2D eigenvalue weighted by atomic mass is 16.5. The number of ether oxygens (including phenoxy) is 2. The van der Waals surface area contributed by atoms with Gasteiger partial charge in [0.2, 0.25) is 0 Å². The molecular weight excluding hydrogens is 314 g/mol. The van der Waals surface area contributed by atoms with Crippen LogP contribution in [0.1, 0.15) is 41.6 Å². The van der Waals surface area contributed by atoms with Gasteiger partial charge in [0, 0.05) is 30.4 Å². The predicted octanol–water partition coefficient (Wildman–Crippen LogP) is 3.47. The van der Waals surface area contributed by atoms with Gasteiger partial charge in [0.25, 0.3) is 0 Å². The van der Waals surface area contributed by atoms with Gasteiger partial charge in [-0.1, -0.05) is 6.92 Å². The van der Waals surface area contributed by atoms with E-state index < -0.39 is 0 Å². The summed E-state index contributed by atoms with van der Waals surface area (Å²) in [4.78, 5) is 0. The molecule has 2 aliphatic rings. The van der Waals surface area contributed by atoms with Crippen LogP contribution in [0.3, 0.4) is 0 Å². The van der Waals surface area contributed by atoms with Gasteiger partial charge in [-0.25, -0.2) is 4.58 Å². The van der Waals surface area contributed by atoms with Crippen LogP contribution >= 0.6 is 0 Å². The van der Waals surface area contributed by atoms with Gasteiger partial charge in [-0.2, -0.15) is 0 Å². The fourth-order valence-electron chi connectivity index (χ4n) is 4.33. The summed E-state index contributed by atoms with van der Waals surface area (Å²) in [5.41, 5.74) is 6.49. The summed E-state index contributed by atoms with van der Waals surface area (Å²) in [6.07, 6.45) is 2.88. The Balaban J connectivity index is 1.87. The van der Waals surface area contributed by atoms with Crippen molar-refractivity contribution in [2.45, 2.75) is 32.2 Å². The molecule has 0 saturated carbocycles. The molecule has 2 aromatic carbocycles. The average molecular weight is 338 g/mol. The van der Waals surface area contributed by atoms with Crippen molar-refractivity contribution in [2.24, 2.45) is 0 Å². The first-order valence-corrected chi connectivity index (χ1v) is 8.85. The van der Waals surface area contributed by atoms with E-state index in [4.69, 9.17) is 9.47 Å². The van der Waals surface area contributed by atoms with Crippen LogP contribution in [-0.4, -0.2) is 36.2 Å². The molecule has 2 heterocycles. The molecule has 0 aliphatic carbocycles. The molecule has 2 aliphatic heterocycles. The minimum Gasteiger partial charge on any atom is -0.504 e. The lowest BCUT2D eigenvalue weighted by molar-refractivity contribution is -0.578. The van der Waals surface area contributed by atoms with Crippen LogP contribution < -0.4 is 9.47 Å². The first kappa shape index (κ1) is 16.0. The highest BCUT2D eigenvalue weighted by Crippen LogP contribution is 2.39. The van der Waals surface area contributed by atoms with E-state index in [1.165, 1.54) is 28.0 Å². The highest BCUT2D eigenvalue weighted by Gasteiger charge is 2.38. The lowest BCUT2D eigenvalue weighted by atomic mass is 9.83. The summed E-state index contributed by atoms with van der Waals surface area (Å²) in [5.74, 6) is 1.69. The Labute approximate surface area is 148 Å². The lowest BCUT2D eigenvalue weighted by Gasteiger charge is -2.31. The number of fused-ring (bicyclic) bond motifs is 4. The monoisotopic (exact) mass is 338 g/mol. The van der Waals surface area contributed by atoms with E-state index in [1.807, 2.05) is 12.1 Å². The van der Waals surface area contributed by atoms with Gasteiger partial charge in [0.15, 0.2) is 23.3 Å². The number of rotatable bonds is 3. The molecule has 2 aromatic rings. The molecule has 0 amide bonds. The molecule has 0 bridgehead atoms. The van der Waals surface area contributed by atoms with Crippen molar-refractivity contribution in [3.63, 3.8) is 0 Å². The molecule has 0 radical (unpaired) electrons. The molecule has 4 heteroatoms. The van der Waals surface area contributed by atoms with Gasteiger partial charge in [-0.15, -0.1) is 0 Å². The van der Waals surface area contributed by atoms with Crippen LogP contribution in [0.4, 0.5) is 0 Å². The number of aromatic hydroxyl groups is 1. The lowest BCUT2D eigenvalue weighted by Crippen LogP contribution is -2.37. The number of hydrogen-bond acceptors (Lipinski definition) is 3. The number of phenolic OH excluding ortho intramolecular Hbond substituents is 1. The zero-order valence-corrected chi connectivity index (χ0v) is 15.0. The van der Waals surface area contributed by atoms with Crippen molar-refractivity contribution in [3.8, 4) is 17.2 Å². The molecule has 0 fully saturated rings. The minimum absolute atomic E-state index is 0.218. The number of benzene rings is 2. The van der Waals surface area contributed by atoms with Gasteiger partial charge in [0.1, 0.15) is 12.3 Å². The van der Waals surface area contributed by atoms with Gasteiger partial charge < -0.3 is 14.6 Å². The quantitative estimate of drug-likeness (QED) is 0.871. The van der Waals surface area contributed by atoms with Crippen LogP contribution in [0.5, 0.6) is 17.2 Å². The van der Waals surface area contributed by atoms with E-state index in [-0.39, 0.29) is 5.75 Å². The molecule has 130 valence electrons. The van der Waals surface area contributed by atoms with Crippen molar-refractivity contribution in [1.82, 2.24) is 0 Å². The molecular formula is C21H24NO3+. The molecule has 1 N–H and O–H groups in total. The Morgan fingerprint density at radius 1 is 1.12 bits per heavy atom. The molecule has 25 heavy (non-hydrogen) atoms. The van der Waals surface area contributed by atoms with Crippen molar-refractivity contribution in [1.29, 1.82) is 0 Å². The summed E-state index contributed by atoms with van der Waals surface area (Å²) < 4.78 is 13.3. The maximum absolute atomic E-state index is 10.2. The summed E-state index contributed by atoms with van der Waals surface area (Å²) in [6, 6.07) is 10.6. The second-order valence-corrected chi connectivity index (χ2v) is 6.71. The fourth-order valence-corrected chi connectivity index (χ4v) is 4.33. The van der Waals surface area contributed by atoms with Crippen molar-refractivity contribution < 1.29 is 19.2 Å². The highest BCUT2D eigenvalue weighted by molar-refractivity contribution is 5.99. The van der Waals surface area contributed by atoms with Crippen molar-refractivity contribution in [3.05, 3.63) is 52.6 Å². The largest absolute Gasteiger partial charge is 0.504 e. The Kier molecular flexibility index (Phi) is 3.91. The van der Waals surface area contributed by atoms with Crippen LogP contribution in [0, 0.1) is 0 Å². The van der Waals surface area contributed by atoms with Crippen molar-refractivity contribution in [2.75, 3.05) is 20.8 Å².